The van der Waals surface area contributed by atoms with E-state index >= 15 is 0 Å². The van der Waals surface area contributed by atoms with Crippen LogP contribution in [-0.4, -0.2) is 36.4 Å². The molecule has 1 heterocycles. The molecule has 2 N–H and O–H groups in total. The molecule has 2 aromatic carbocycles. The molecule has 0 saturated carbocycles. The Bertz CT molecular complexity index is 868. The lowest BCUT2D eigenvalue weighted by Gasteiger charge is -2.08. The van der Waals surface area contributed by atoms with E-state index in [1.54, 1.807) is 31.4 Å². The molecule has 1 aromatic heterocycles. The standard InChI is InChI=1S/C21H22N4O3/c1-27-14-13-22-20-12-11-19(24-25-20)21(26)23-17-7-9-18(10-8-17)28-15-16-5-3-2-4-6-16/h2-12H,13-15H2,1H3,(H,22,25)(H,23,26). The van der Waals surface area contributed by atoms with Gasteiger partial charge in [0.2, 0.25) is 0 Å². The van der Waals surface area contributed by atoms with Crippen molar-refractivity contribution in [3.05, 3.63) is 78.0 Å². The number of hydrogen-bond donors (Lipinski definition) is 2. The lowest BCUT2D eigenvalue weighted by atomic mass is 10.2. The summed E-state index contributed by atoms with van der Waals surface area (Å²) in [6, 6.07) is 20.5. The molecule has 1 amide bonds. The molecule has 0 saturated heterocycles. The second-order valence-electron chi connectivity index (χ2n) is 5.98. The van der Waals surface area contributed by atoms with Gasteiger partial charge in [0.15, 0.2) is 5.69 Å². The summed E-state index contributed by atoms with van der Waals surface area (Å²) in [6.07, 6.45) is 0. The Balaban J connectivity index is 1.51. The molecule has 0 spiro atoms. The number of anilines is 2. The van der Waals surface area contributed by atoms with Crippen molar-refractivity contribution < 1.29 is 14.3 Å². The number of nitrogens with one attached hydrogen (secondary N) is 2. The van der Waals surface area contributed by atoms with Crippen molar-refractivity contribution in [2.45, 2.75) is 6.61 Å². The summed E-state index contributed by atoms with van der Waals surface area (Å²) >= 11 is 0. The van der Waals surface area contributed by atoms with Gasteiger partial charge in [-0.05, 0) is 42.0 Å². The van der Waals surface area contributed by atoms with Gasteiger partial charge in [-0.1, -0.05) is 30.3 Å². The molecule has 0 atom stereocenters. The summed E-state index contributed by atoms with van der Waals surface area (Å²) < 4.78 is 10.7. The molecular weight excluding hydrogens is 356 g/mol. The number of carbonyl (C=O) groups excluding carboxylic acids is 1. The first-order chi connectivity index (χ1) is 13.7. The van der Waals surface area contributed by atoms with Crippen LogP contribution in [0.15, 0.2) is 66.7 Å². The van der Waals surface area contributed by atoms with Gasteiger partial charge in [-0.15, -0.1) is 10.2 Å². The highest BCUT2D eigenvalue weighted by atomic mass is 16.5. The Morgan fingerprint density at radius 1 is 0.964 bits per heavy atom. The van der Waals surface area contributed by atoms with E-state index in [4.69, 9.17) is 9.47 Å². The van der Waals surface area contributed by atoms with Crippen LogP contribution in [0.4, 0.5) is 11.5 Å². The Labute approximate surface area is 163 Å². The fraction of sp³-hybridized carbons (Fsp3) is 0.190. The maximum Gasteiger partial charge on any atom is 0.276 e. The van der Waals surface area contributed by atoms with Crippen molar-refractivity contribution in [3.8, 4) is 5.75 Å². The Morgan fingerprint density at radius 3 is 2.43 bits per heavy atom. The van der Waals surface area contributed by atoms with Crippen LogP contribution in [0.2, 0.25) is 0 Å². The number of amides is 1. The van der Waals surface area contributed by atoms with Crippen molar-refractivity contribution in [2.75, 3.05) is 30.9 Å². The lowest BCUT2D eigenvalue weighted by Crippen LogP contribution is -2.15. The lowest BCUT2D eigenvalue weighted by molar-refractivity contribution is 0.102. The normalized spacial score (nSPS) is 10.3. The largest absolute Gasteiger partial charge is 0.489 e. The number of hydrogen-bond acceptors (Lipinski definition) is 6. The van der Waals surface area contributed by atoms with Gasteiger partial charge in [0.05, 0.1) is 6.61 Å². The van der Waals surface area contributed by atoms with Gasteiger partial charge in [-0.2, -0.15) is 0 Å². The van der Waals surface area contributed by atoms with E-state index in [2.05, 4.69) is 20.8 Å². The first kappa shape index (κ1) is 19.3. The van der Waals surface area contributed by atoms with E-state index in [9.17, 15) is 4.79 Å². The van der Waals surface area contributed by atoms with Gasteiger partial charge < -0.3 is 20.1 Å². The molecule has 7 heteroatoms. The number of aromatic nitrogens is 2. The van der Waals surface area contributed by atoms with Gasteiger partial charge in [0.1, 0.15) is 18.2 Å². The summed E-state index contributed by atoms with van der Waals surface area (Å²) in [7, 11) is 1.63. The summed E-state index contributed by atoms with van der Waals surface area (Å²) in [5.41, 5.74) is 1.99. The zero-order valence-electron chi connectivity index (χ0n) is 15.6. The van der Waals surface area contributed by atoms with Crippen LogP contribution in [0.3, 0.4) is 0 Å². The van der Waals surface area contributed by atoms with Gasteiger partial charge in [0.25, 0.3) is 5.91 Å². The minimum atomic E-state index is -0.325. The highest BCUT2D eigenvalue weighted by molar-refractivity contribution is 6.02. The van der Waals surface area contributed by atoms with Crippen LogP contribution in [0.5, 0.6) is 5.75 Å². The monoisotopic (exact) mass is 378 g/mol. The molecule has 144 valence electrons. The van der Waals surface area contributed by atoms with Crippen LogP contribution >= 0.6 is 0 Å². The fourth-order valence-electron chi connectivity index (χ4n) is 2.40. The molecular formula is C21H22N4O3. The van der Waals surface area contributed by atoms with Crippen LogP contribution in [0.1, 0.15) is 16.1 Å². The minimum Gasteiger partial charge on any atom is -0.489 e. The Hall–Kier alpha value is -3.45. The summed E-state index contributed by atoms with van der Waals surface area (Å²) in [5, 5.41) is 13.8. The highest BCUT2D eigenvalue weighted by Gasteiger charge is 2.09. The average molecular weight is 378 g/mol. The maximum atomic E-state index is 12.3. The first-order valence-electron chi connectivity index (χ1n) is 8.89. The number of ether oxygens (including phenoxy) is 2. The van der Waals surface area contributed by atoms with Crippen molar-refractivity contribution >= 4 is 17.4 Å². The summed E-state index contributed by atoms with van der Waals surface area (Å²) in [5.74, 6) is 0.996. The molecule has 0 aliphatic rings. The van der Waals surface area contributed by atoms with Gasteiger partial charge in [-0.3, -0.25) is 4.79 Å². The number of methoxy groups -OCH3 is 1. The first-order valence-corrected chi connectivity index (χ1v) is 8.89. The second kappa shape index (κ2) is 10.0. The van der Waals surface area contributed by atoms with Crippen LogP contribution in [0.25, 0.3) is 0 Å². The molecule has 0 aliphatic heterocycles. The van der Waals surface area contributed by atoms with E-state index in [-0.39, 0.29) is 11.6 Å². The summed E-state index contributed by atoms with van der Waals surface area (Å²) in [6.45, 7) is 1.68. The van der Waals surface area contributed by atoms with Crippen molar-refractivity contribution in [2.24, 2.45) is 0 Å². The van der Waals surface area contributed by atoms with Gasteiger partial charge in [0, 0.05) is 19.3 Å². The molecule has 3 aromatic rings. The van der Waals surface area contributed by atoms with Crippen molar-refractivity contribution in [3.63, 3.8) is 0 Å². The smallest absolute Gasteiger partial charge is 0.276 e. The fourth-order valence-corrected chi connectivity index (χ4v) is 2.40. The summed E-state index contributed by atoms with van der Waals surface area (Å²) in [4.78, 5) is 12.3. The van der Waals surface area contributed by atoms with Crippen LogP contribution in [0, 0.1) is 0 Å². The SMILES string of the molecule is COCCNc1ccc(C(=O)Nc2ccc(OCc3ccccc3)cc2)nn1. The molecule has 28 heavy (non-hydrogen) atoms. The molecule has 0 bridgehead atoms. The van der Waals surface area contributed by atoms with Gasteiger partial charge >= 0.3 is 0 Å². The minimum absolute atomic E-state index is 0.238. The quantitative estimate of drug-likeness (QED) is 0.555. The van der Waals surface area contributed by atoms with Crippen molar-refractivity contribution in [1.82, 2.24) is 10.2 Å². The molecule has 0 fully saturated rings. The molecule has 0 unspecified atom stereocenters. The zero-order valence-corrected chi connectivity index (χ0v) is 15.6. The third kappa shape index (κ3) is 5.78. The van der Waals surface area contributed by atoms with Crippen LogP contribution < -0.4 is 15.4 Å². The van der Waals surface area contributed by atoms with E-state index in [1.165, 1.54) is 0 Å². The Kier molecular flexibility index (Phi) is 6.92. The van der Waals surface area contributed by atoms with Crippen LogP contribution in [-0.2, 0) is 11.3 Å². The predicted molar refractivity (Wildman–Crippen MR) is 108 cm³/mol. The third-order valence-electron chi connectivity index (χ3n) is 3.87. The van der Waals surface area contributed by atoms with E-state index in [0.29, 0.717) is 31.3 Å². The van der Waals surface area contributed by atoms with E-state index in [0.717, 1.165) is 11.3 Å². The molecule has 7 nitrogen and oxygen atoms in total. The number of rotatable bonds is 9. The average Bonchev–Trinajstić information content (AvgIpc) is 2.75. The van der Waals surface area contributed by atoms with E-state index < -0.39 is 0 Å². The molecule has 0 radical (unpaired) electrons. The number of nitrogens with zero attached hydrogens (tertiary/aromatic N) is 2. The third-order valence-corrected chi connectivity index (χ3v) is 3.87. The predicted octanol–water partition coefficient (Wildman–Crippen LogP) is 3.37. The number of benzene rings is 2. The van der Waals surface area contributed by atoms with Crippen molar-refractivity contribution in [1.29, 1.82) is 0 Å². The molecule has 0 aliphatic carbocycles. The van der Waals surface area contributed by atoms with E-state index in [1.807, 2.05) is 42.5 Å². The topological polar surface area (TPSA) is 85.4 Å². The Morgan fingerprint density at radius 2 is 1.75 bits per heavy atom. The zero-order chi connectivity index (χ0) is 19.6. The molecule has 3 rings (SSSR count). The maximum absolute atomic E-state index is 12.3. The number of carbonyl (C=O) groups is 1. The second-order valence-corrected chi connectivity index (χ2v) is 5.98. The van der Waals surface area contributed by atoms with Gasteiger partial charge in [-0.25, -0.2) is 0 Å². The highest BCUT2D eigenvalue weighted by Crippen LogP contribution is 2.17.